The summed E-state index contributed by atoms with van der Waals surface area (Å²) < 4.78 is 10.0. The fourth-order valence-electron chi connectivity index (χ4n) is 1.80. The summed E-state index contributed by atoms with van der Waals surface area (Å²) in [6.45, 7) is 3.17. The normalized spacial score (nSPS) is 20.2. The van der Waals surface area contributed by atoms with Crippen LogP contribution in [0.1, 0.15) is 26.2 Å². The van der Waals surface area contributed by atoms with Crippen molar-refractivity contribution in [2.45, 2.75) is 31.8 Å². The molecule has 0 N–H and O–H groups in total. The molecule has 0 radical (unpaired) electrons. The quantitative estimate of drug-likeness (QED) is 0.662. The van der Waals surface area contributed by atoms with Crippen molar-refractivity contribution in [2.75, 3.05) is 27.2 Å². The Balaban J connectivity index is 2.77. The predicted molar refractivity (Wildman–Crippen MR) is 57.9 cm³/mol. The fraction of sp³-hybridized carbons (Fsp3) is 0.818. The summed E-state index contributed by atoms with van der Waals surface area (Å²) in [7, 11) is 3.30. The van der Waals surface area contributed by atoms with Crippen LogP contribution in [0, 0.1) is 0 Å². The molecule has 1 rings (SSSR count). The number of hydrogen-bond donors (Lipinski definition) is 0. The Labute approximate surface area is 95.7 Å². The number of carbonyl (C=O) groups excluding carboxylic acids is 2. The van der Waals surface area contributed by atoms with E-state index in [2.05, 4.69) is 4.90 Å². The van der Waals surface area contributed by atoms with Gasteiger partial charge in [-0.15, -0.1) is 0 Å². The topological polar surface area (TPSA) is 55.8 Å². The number of ether oxygens (including phenoxy) is 2. The molecule has 1 saturated heterocycles. The van der Waals surface area contributed by atoms with Crippen LogP contribution in [0.25, 0.3) is 0 Å². The van der Waals surface area contributed by atoms with Crippen LogP contribution in [-0.4, -0.2) is 49.7 Å². The van der Waals surface area contributed by atoms with Crippen molar-refractivity contribution in [1.82, 2.24) is 4.90 Å². The highest BCUT2D eigenvalue weighted by atomic mass is 16.6. The van der Waals surface area contributed by atoms with E-state index in [1.165, 1.54) is 7.11 Å². The molecule has 0 bridgehead atoms. The van der Waals surface area contributed by atoms with Crippen LogP contribution in [-0.2, 0) is 19.1 Å². The van der Waals surface area contributed by atoms with Gasteiger partial charge in [-0.3, -0.25) is 4.79 Å². The molecule has 0 aromatic heterocycles. The minimum atomic E-state index is -1.06. The molecule has 16 heavy (non-hydrogen) atoms. The third-order valence-corrected chi connectivity index (χ3v) is 2.95. The van der Waals surface area contributed by atoms with Crippen molar-refractivity contribution in [3.8, 4) is 0 Å². The summed E-state index contributed by atoms with van der Waals surface area (Å²) in [5, 5.41) is 0. The van der Waals surface area contributed by atoms with E-state index < -0.39 is 11.6 Å². The van der Waals surface area contributed by atoms with Gasteiger partial charge in [-0.05, 0) is 7.05 Å². The number of rotatable bonds is 3. The summed E-state index contributed by atoms with van der Waals surface area (Å²) in [4.78, 5) is 25.2. The Morgan fingerprint density at radius 3 is 2.31 bits per heavy atom. The molecule has 5 nitrogen and oxygen atoms in total. The van der Waals surface area contributed by atoms with Crippen LogP contribution in [0.4, 0.5) is 0 Å². The Morgan fingerprint density at radius 1 is 1.31 bits per heavy atom. The average Bonchev–Trinajstić information content (AvgIpc) is 2.31. The lowest BCUT2D eigenvalue weighted by Gasteiger charge is -2.37. The molecule has 0 unspecified atom stereocenters. The van der Waals surface area contributed by atoms with Gasteiger partial charge in [0.15, 0.2) is 0 Å². The van der Waals surface area contributed by atoms with Crippen molar-refractivity contribution in [2.24, 2.45) is 0 Å². The molecule has 1 aliphatic heterocycles. The average molecular weight is 229 g/mol. The van der Waals surface area contributed by atoms with Crippen LogP contribution in [0.5, 0.6) is 0 Å². The Hall–Kier alpha value is -1.10. The first-order chi connectivity index (χ1) is 7.54. The second-order valence-electron chi connectivity index (χ2n) is 4.12. The lowest BCUT2D eigenvalue weighted by atomic mass is 9.91. The van der Waals surface area contributed by atoms with Crippen LogP contribution in [0.15, 0.2) is 0 Å². The SMILES string of the molecule is CCC(=O)OC1(C(=O)OC)CCN(C)CC1. The second-order valence-corrected chi connectivity index (χ2v) is 4.12. The van der Waals surface area contributed by atoms with E-state index in [0.717, 1.165) is 13.1 Å². The van der Waals surface area contributed by atoms with Crippen LogP contribution >= 0.6 is 0 Å². The first kappa shape index (κ1) is 13.0. The van der Waals surface area contributed by atoms with Gasteiger partial charge in [0.2, 0.25) is 5.60 Å². The number of carbonyl (C=O) groups is 2. The molecule has 1 aliphatic rings. The zero-order valence-electron chi connectivity index (χ0n) is 10.1. The number of nitrogens with zero attached hydrogens (tertiary/aromatic N) is 1. The first-order valence-corrected chi connectivity index (χ1v) is 5.53. The summed E-state index contributed by atoms with van der Waals surface area (Å²) in [5.74, 6) is -0.794. The summed E-state index contributed by atoms with van der Waals surface area (Å²) in [6.07, 6.45) is 1.28. The smallest absolute Gasteiger partial charge is 0.350 e. The van der Waals surface area contributed by atoms with Crippen LogP contribution < -0.4 is 0 Å². The largest absolute Gasteiger partial charge is 0.466 e. The van der Waals surface area contributed by atoms with E-state index in [4.69, 9.17) is 9.47 Å². The first-order valence-electron chi connectivity index (χ1n) is 5.53. The minimum absolute atomic E-state index is 0.272. The molecule has 0 aliphatic carbocycles. The van der Waals surface area contributed by atoms with E-state index >= 15 is 0 Å². The van der Waals surface area contributed by atoms with E-state index in [0.29, 0.717) is 12.8 Å². The maximum atomic E-state index is 11.7. The molecule has 0 amide bonds. The molecule has 0 aromatic rings. The van der Waals surface area contributed by atoms with Crippen molar-refractivity contribution in [3.05, 3.63) is 0 Å². The molecule has 1 fully saturated rings. The van der Waals surface area contributed by atoms with Gasteiger partial charge in [-0.2, -0.15) is 0 Å². The highest BCUT2D eigenvalue weighted by Crippen LogP contribution is 2.27. The number of piperidine rings is 1. The van der Waals surface area contributed by atoms with Crippen molar-refractivity contribution in [1.29, 1.82) is 0 Å². The van der Waals surface area contributed by atoms with Gasteiger partial charge < -0.3 is 14.4 Å². The van der Waals surface area contributed by atoms with Crippen molar-refractivity contribution < 1.29 is 19.1 Å². The Kier molecular flexibility index (Phi) is 4.29. The Morgan fingerprint density at radius 2 is 1.88 bits per heavy atom. The lowest BCUT2D eigenvalue weighted by molar-refractivity contribution is -0.186. The fourth-order valence-corrected chi connectivity index (χ4v) is 1.80. The maximum Gasteiger partial charge on any atom is 0.350 e. The van der Waals surface area contributed by atoms with Crippen LogP contribution in [0.2, 0.25) is 0 Å². The molecule has 1 heterocycles. The lowest BCUT2D eigenvalue weighted by Crippen LogP contribution is -2.51. The number of methoxy groups -OCH3 is 1. The number of esters is 2. The van der Waals surface area contributed by atoms with Gasteiger partial charge in [0.05, 0.1) is 7.11 Å². The van der Waals surface area contributed by atoms with Gasteiger partial charge in [0.1, 0.15) is 0 Å². The molecule has 0 spiro atoms. The maximum absolute atomic E-state index is 11.7. The van der Waals surface area contributed by atoms with Crippen LogP contribution in [0.3, 0.4) is 0 Å². The van der Waals surface area contributed by atoms with Crippen molar-refractivity contribution >= 4 is 11.9 Å². The monoisotopic (exact) mass is 229 g/mol. The van der Waals surface area contributed by atoms with E-state index in [9.17, 15) is 9.59 Å². The van der Waals surface area contributed by atoms with E-state index in [-0.39, 0.29) is 12.4 Å². The minimum Gasteiger partial charge on any atom is -0.466 e. The van der Waals surface area contributed by atoms with Gasteiger partial charge in [0.25, 0.3) is 0 Å². The standard InChI is InChI=1S/C11H19NO4/c1-4-9(13)16-11(10(14)15-3)5-7-12(2)8-6-11/h4-8H2,1-3H3. The van der Waals surface area contributed by atoms with Gasteiger partial charge in [-0.1, -0.05) is 6.92 Å². The third-order valence-electron chi connectivity index (χ3n) is 2.95. The zero-order valence-corrected chi connectivity index (χ0v) is 10.1. The molecule has 0 atom stereocenters. The predicted octanol–water partition coefficient (Wildman–Crippen LogP) is 0.577. The zero-order chi connectivity index (χ0) is 12.2. The van der Waals surface area contributed by atoms with E-state index in [1.54, 1.807) is 6.92 Å². The van der Waals surface area contributed by atoms with Gasteiger partial charge in [-0.25, -0.2) is 4.79 Å². The molecular weight excluding hydrogens is 210 g/mol. The highest BCUT2D eigenvalue weighted by Gasteiger charge is 2.45. The second kappa shape index (κ2) is 5.30. The third kappa shape index (κ3) is 2.72. The molecule has 5 heteroatoms. The molecule has 0 saturated carbocycles. The summed E-state index contributed by atoms with van der Waals surface area (Å²) >= 11 is 0. The molecule has 92 valence electrons. The summed E-state index contributed by atoms with van der Waals surface area (Å²) in [5.41, 5.74) is -1.06. The molecular formula is C11H19NO4. The summed E-state index contributed by atoms with van der Waals surface area (Å²) in [6, 6.07) is 0. The van der Waals surface area contributed by atoms with Crippen molar-refractivity contribution in [3.63, 3.8) is 0 Å². The van der Waals surface area contributed by atoms with Gasteiger partial charge in [0, 0.05) is 32.4 Å². The highest BCUT2D eigenvalue weighted by molar-refractivity contribution is 5.83. The molecule has 0 aromatic carbocycles. The van der Waals surface area contributed by atoms with E-state index in [1.807, 2.05) is 7.05 Å². The van der Waals surface area contributed by atoms with Gasteiger partial charge >= 0.3 is 11.9 Å². The number of likely N-dealkylation sites (tertiary alicyclic amines) is 1. The number of hydrogen-bond acceptors (Lipinski definition) is 5. The Bertz CT molecular complexity index is 269.